The molecular formula is C23H26FN3O4. The number of hydrogen-bond donors (Lipinski definition) is 1. The Balaban J connectivity index is 1.76. The summed E-state index contributed by atoms with van der Waals surface area (Å²) in [4.78, 5) is 16.1. The molecule has 1 N–H and O–H groups in total. The van der Waals surface area contributed by atoms with Crippen LogP contribution < -0.4 is 4.74 Å². The van der Waals surface area contributed by atoms with Crippen molar-refractivity contribution in [1.29, 1.82) is 0 Å². The van der Waals surface area contributed by atoms with Crippen molar-refractivity contribution in [2.45, 2.75) is 39.0 Å². The molecule has 0 atom stereocenters. The summed E-state index contributed by atoms with van der Waals surface area (Å²) in [5, 5.41) is 15.0. The van der Waals surface area contributed by atoms with Crippen LogP contribution in [0, 0.1) is 11.7 Å². The van der Waals surface area contributed by atoms with Gasteiger partial charge in [0.25, 0.3) is 0 Å². The number of aromatic carboxylic acids is 1. The summed E-state index contributed by atoms with van der Waals surface area (Å²) in [5.74, 6) is -0.447. The standard InChI is InChI=1S/C23H26FN3O4/c1-14(2)21-20-19(31-12-9-15-7-10-30-11-8-15)13-18(23(28)29)25-22(20)27(26-21)17-5-3-16(24)4-6-17/h3-6,13-15H,7-12H2,1-2H3,(H,28,29). The van der Waals surface area contributed by atoms with E-state index in [2.05, 4.69) is 4.98 Å². The van der Waals surface area contributed by atoms with Gasteiger partial charge in [0.1, 0.15) is 11.6 Å². The number of carbonyl (C=O) groups is 1. The van der Waals surface area contributed by atoms with E-state index in [-0.39, 0.29) is 17.4 Å². The van der Waals surface area contributed by atoms with Gasteiger partial charge in [0, 0.05) is 19.3 Å². The van der Waals surface area contributed by atoms with Gasteiger partial charge in [-0.05, 0) is 55.4 Å². The van der Waals surface area contributed by atoms with Crippen molar-refractivity contribution in [1.82, 2.24) is 14.8 Å². The van der Waals surface area contributed by atoms with Gasteiger partial charge in [0.05, 0.1) is 23.4 Å². The Morgan fingerprint density at radius 1 is 1.29 bits per heavy atom. The van der Waals surface area contributed by atoms with Crippen molar-refractivity contribution in [2.24, 2.45) is 5.92 Å². The van der Waals surface area contributed by atoms with Crippen LogP contribution in [-0.4, -0.2) is 45.7 Å². The number of fused-ring (bicyclic) bond motifs is 1. The van der Waals surface area contributed by atoms with Crippen LogP contribution in [0.5, 0.6) is 5.75 Å². The van der Waals surface area contributed by atoms with Crippen LogP contribution in [-0.2, 0) is 4.74 Å². The summed E-state index contributed by atoms with van der Waals surface area (Å²) in [7, 11) is 0. The van der Waals surface area contributed by atoms with Crippen molar-refractivity contribution in [3.05, 3.63) is 47.5 Å². The molecule has 1 aliphatic heterocycles. The number of ether oxygens (including phenoxy) is 2. The van der Waals surface area contributed by atoms with E-state index >= 15 is 0 Å². The Hall–Kier alpha value is -3.00. The maximum absolute atomic E-state index is 13.4. The average Bonchev–Trinajstić information content (AvgIpc) is 3.15. The van der Waals surface area contributed by atoms with Crippen LogP contribution in [0.15, 0.2) is 30.3 Å². The van der Waals surface area contributed by atoms with Gasteiger partial charge in [-0.1, -0.05) is 13.8 Å². The Kier molecular flexibility index (Phi) is 6.18. The molecule has 0 aliphatic carbocycles. The molecule has 8 heteroatoms. The molecule has 1 fully saturated rings. The number of aromatic nitrogens is 3. The number of carboxylic acid groups (broad SMARTS) is 1. The molecule has 0 amide bonds. The number of carboxylic acids is 1. The monoisotopic (exact) mass is 427 g/mol. The van der Waals surface area contributed by atoms with E-state index in [1.54, 1.807) is 16.8 Å². The largest absolute Gasteiger partial charge is 0.493 e. The van der Waals surface area contributed by atoms with Gasteiger partial charge in [0.2, 0.25) is 0 Å². The highest BCUT2D eigenvalue weighted by Crippen LogP contribution is 2.34. The number of halogens is 1. The van der Waals surface area contributed by atoms with Gasteiger partial charge < -0.3 is 14.6 Å². The van der Waals surface area contributed by atoms with E-state index in [9.17, 15) is 14.3 Å². The first kappa shape index (κ1) is 21.2. The first-order valence-corrected chi connectivity index (χ1v) is 10.6. The third kappa shape index (κ3) is 4.54. The first-order chi connectivity index (χ1) is 14.9. The van der Waals surface area contributed by atoms with Gasteiger partial charge in [-0.25, -0.2) is 18.9 Å². The van der Waals surface area contributed by atoms with Gasteiger partial charge >= 0.3 is 5.97 Å². The lowest BCUT2D eigenvalue weighted by molar-refractivity contribution is 0.0593. The second-order valence-corrected chi connectivity index (χ2v) is 8.13. The summed E-state index contributed by atoms with van der Waals surface area (Å²) in [6.07, 6.45) is 2.89. The number of nitrogens with zero attached hydrogens (tertiary/aromatic N) is 3. The summed E-state index contributed by atoms with van der Waals surface area (Å²) in [6.45, 7) is 6.04. The summed E-state index contributed by atoms with van der Waals surface area (Å²) >= 11 is 0. The number of pyridine rings is 1. The van der Waals surface area contributed by atoms with Crippen LogP contribution in [0.25, 0.3) is 16.7 Å². The van der Waals surface area contributed by atoms with Crippen LogP contribution in [0.4, 0.5) is 4.39 Å². The van der Waals surface area contributed by atoms with Crippen molar-refractivity contribution in [3.8, 4) is 11.4 Å². The van der Waals surface area contributed by atoms with Gasteiger partial charge in [-0.3, -0.25) is 0 Å². The third-order valence-corrected chi connectivity index (χ3v) is 5.59. The summed E-state index contributed by atoms with van der Waals surface area (Å²) in [5.41, 5.74) is 1.62. The molecule has 0 unspecified atom stereocenters. The smallest absolute Gasteiger partial charge is 0.354 e. The second-order valence-electron chi connectivity index (χ2n) is 8.13. The molecule has 1 aromatic carbocycles. The van der Waals surface area contributed by atoms with Crippen LogP contribution in [0.2, 0.25) is 0 Å². The SMILES string of the molecule is CC(C)c1nn(-c2ccc(F)cc2)c2nc(C(=O)O)cc(OCCC3CCOCC3)c12. The Morgan fingerprint density at radius 2 is 2.00 bits per heavy atom. The third-order valence-electron chi connectivity index (χ3n) is 5.59. The molecule has 0 bridgehead atoms. The van der Waals surface area contributed by atoms with Crippen molar-refractivity contribution in [2.75, 3.05) is 19.8 Å². The predicted molar refractivity (Wildman–Crippen MR) is 114 cm³/mol. The molecule has 4 rings (SSSR count). The lowest BCUT2D eigenvalue weighted by atomic mass is 9.97. The minimum atomic E-state index is -1.14. The maximum atomic E-state index is 13.4. The lowest BCUT2D eigenvalue weighted by Gasteiger charge is -2.22. The zero-order valence-corrected chi connectivity index (χ0v) is 17.7. The molecule has 0 radical (unpaired) electrons. The van der Waals surface area contributed by atoms with E-state index in [0.29, 0.717) is 35.0 Å². The van der Waals surface area contributed by atoms with Crippen LogP contribution >= 0.6 is 0 Å². The van der Waals surface area contributed by atoms with E-state index in [1.807, 2.05) is 13.8 Å². The number of hydrogen-bond acceptors (Lipinski definition) is 5. The molecule has 2 aromatic heterocycles. The highest BCUT2D eigenvalue weighted by Gasteiger charge is 2.23. The van der Waals surface area contributed by atoms with E-state index in [4.69, 9.17) is 14.6 Å². The highest BCUT2D eigenvalue weighted by molar-refractivity contribution is 5.94. The number of benzene rings is 1. The van der Waals surface area contributed by atoms with Gasteiger partial charge in [-0.2, -0.15) is 5.10 Å². The molecule has 1 aliphatic rings. The van der Waals surface area contributed by atoms with Crippen molar-refractivity contribution < 1.29 is 23.8 Å². The predicted octanol–water partition coefficient (Wildman–Crippen LogP) is 4.58. The first-order valence-electron chi connectivity index (χ1n) is 10.6. The van der Waals surface area contributed by atoms with E-state index < -0.39 is 5.97 Å². The Morgan fingerprint density at radius 3 is 2.65 bits per heavy atom. The van der Waals surface area contributed by atoms with Crippen LogP contribution in [0.1, 0.15) is 55.2 Å². The van der Waals surface area contributed by atoms with Crippen molar-refractivity contribution >= 4 is 17.0 Å². The normalized spacial score (nSPS) is 15.0. The molecule has 0 saturated carbocycles. The van der Waals surface area contributed by atoms with Crippen molar-refractivity contribution in [3.63, 3.8) is 0 Å². The fourth-order valence-corrected chi connectivity index (χ4v) is 3.87. The molecule has 3 aromatic rings. The zero-order chi connectivity index (χ0) is 22.0. The topological polar surface area (TPSA) is 86.5 Å². The lowest BCUT2D eigenvalue weighted by Crippen LogP contribution is -2.18. The molecule has 3 heterocycles. The molecule has 7 nitrogen and oxygen atoms in total. The Bertz CT molecular complexity index is 1070. The summed E-state index contributed by atoms with van der Waals surface area (Å²) < 4.78 is 26.5. The van der Waals surface area contributed by atoms with Gasteiger partial charge in [0.15, 0.2) is 11.3 Å². The molecule has 31 heavy (non-hydrogen) atoms. The second kappa shape index (κ2) is 9.01. The van der Waals surface area contributed by atoms with Gasteiger partial charge in [-0.15, -0.1) is 0 Å². The fourth-order valence-electron chi connectivity index (χ4n) is 3.87. The molecule has 1 saturated heterocycles. The zero-order valence-electron chi connectivity index (χ0n) is 17.7. The quantitative estimate of drug-likeness (QED) is 0.594. The maximum Gasteiger partial charge on any atom is 0.354 e. The number of rotatable bonds is 7. The molecule has 164 valence electrons. The van der Waals surface area contributed by atoms with Crippen LogP contribution in [0.3, 0.4) is 0 Å². The molecule has 0 spiro atoms. The molecular weight excluding hydrogens is 401 g/mol. The minimum Gasteiger partial charge on any atom is -0.493 e. The van der Waals surface area contributed by atoms with E-state index in [0.717, 1.165) is 38.2 Å². The minimum absolute atomic E-state index is 0.0551. The highest BCUT2D eigenvalue weighted by atomic mass is 19.1. The fraction of sp³-hybridized carbons (Fsp3) is 0.435. The van der Waals surface area contributed by atoms with E-state index in [1.165, 1.54) is 18.2 Å². The average molecular weight is 427 g/mol. The Labute approximate surface area is 179 Å². The summed E-state index contributed by atoms with van der Waals surface area (Å²) in [6, 6.07) is 7.32.